The van der Waals surface area contributed by atoms with E-state index in [4.69, 9.17) is 0 Å². The molecule has 0 aromatic heterocycles. The van der Waals surface area contributed by atoms with Gasteiger partial charge in [0.15, 0.2) is 0 Å². The Balaban J connectivity index is 1.51. The summed E-state index contributed by atoms with van der Waals surface area (Å²) in [5, 5.41) is 7.02. The van der Waals surface area contributed by atoms with Crippen LogP contribution in [-0.2, 0) is 4.79 Å². The summed E-state index contributed by atoms with van der Waals surface area (Å²) < 4.78 is 0. The average Bonchev–Trinajstić information content (AvgIpc) is 3.14. The Labute approximate surface area is 110 Å². The van der Waals surface area contributed by atoms with Crippen molar-refractivity contribution in [1.82, 2.24) is 10.6 Å². The summed E-state index contributed by atoms with van der Waals surface area (Å²) in [6.45, 7) is 1.08. The predicted octanol–water partition coefficient (Wildman–Crippen LogP) is 2.36. The topological polar surface area (TPSA) is 41.1 Å². The molecule has 3 aliphatic rings. The molecule has 1 unspecified atom stereocenters. The van der Waals surface area contributed by atoms with E-state index in [9.17, 15) is 4.79 Å². The van der Waals surface area contributed by atoms with Gasteiger partial charge < -0.3 is 10.6 Å². The molecule has 1 heterocycles. The molecule has 0 radical (unpaired) electrons. The number of rotatable bonds is 3. The third-order valence-corrected chi connectivity index (χ3v) is 4.98. The Morgan fingerprint density at radius 2 is 1.94 bits per heavy atom. The molecule has 1 spiro atoms. The van der Waals surface area contributed by atoms with Crippen LogP contribution >= 0.6 is 0 Å². The second-order valence-corrected chi connectivity index (χ2v) is 6.67. The van der Waals surface area contributed by atoms with Crippen LogP contribution in [-0.4, -0.2) is 24.0 Å². The van der Waals surface area contributed by atoms with Gasteiger partial charge in [-0.25, -0.2) is 0 Å². The number of hydrogen-bond acceptors (Lipinski definition) is 2. The minimum atomic E-state index is 0.301. The van der Waals surface area contributed by atoms with Crippen molar-refractivity contribution < 1.29 is 4.79 Å². The number of piperidine rings is 1. The fourth-order valence-electron chi connectivity index (χ4n) is 3.76. The quantitative estimate of drug-likeness (QED) is 0.807. The maximum Gasteiger partial charge on any atom is 0.220 e. The molecule has 102 valence electrons. The Morgan fingerprint density at radius 3 is 2.67 bits per heavy atom. The molecule has 3 heteroatoms. The zero-order valence-electron chi connectivity index (χ0n) is 11.3. The molecule has 0 aromatic carbocycles. The first-order valence-corrected chi connectivity index (χ1v) is 7.80. The lowest BCUT2D eigenvalue weighted by Gasteiger charge is -2.44. The highest BCUT2D eigenvalue weighted by Gasteiger charge is 2.37. The van der Waals surface area contributed by atoms with Crippen molar-refractivity contribution in [2.75, 3.05) is 6.54 Å². The van der Waals surface area contributed by atoms with Crippen LogP contribution in [0.2, 0.25) is 0 Å². The number of carbonyl (C=O) groups is 1. The fourth-order valence-corrected chi connectivity index (χ4v) is 3.76. The Hall–Kier alpha value is -0.570. The Kier molecular flexibility index (Phi) is 3.60. The van der Waals surface area contributed by atoms with E-state index < -0.39 is 0 Å². The molecule has 1 aliphatic heterocycles. The van der Waals surface area contributed by atoms with Crippen LogP contribution in [0.3, 0.4) is 0 Å². The first-order chi connectivity index (χ1) is 8.76. The van der Waals surface area contributed by atoms with Gasteiger partial charge in [0, 0.05) is 18.0 Å². The fraction of sp³-hybridized carbons (Fsp3) is 0.933. The monoisotopic (exact) mass is 250 g/mol. The number of carbonyl (C=O) groups excluding carboxylic acids is 1. The van der Waals surface area contributed by atoms with E-state index in [0.717, 1.165) is 25.8 Å². The van der Waals surface area contributed by atoms with Crippen LogP contribution in [0.4, 0.5) is 0 Å². The molecule has 1 amide bonds. The van der Waals surface area contributed by atoms with Crippen molar-refractivity contribution >= 4 is 5.91 Å². The van der Waals surface area contributed by atoms with E-state index in [1.807, 2.05) is 0 Å². The smallest absolute Gasteiger partial charge is 0.220 e. The van der Waals surface area contributed by atoms with Crippen LogP contribution in [0.25, 0.3) is 0 Å². The van der Waals surface area contributed by atoms with E-state index >= 15 is 0 Å². The van der Waals surface area contributed by atoms with Gasteiger partial charge in [0.25, 0.3) is 0 Å². The van der Waals surface area contributed by atoms with Crippen molar-refractivity contribution in [3.63, 3.8) is 0 Å². The van der Waals surface area contributed by atoms with Crippen molar-refractivity contribution in [3.8, 4) is 0 Å². The molecular formula is C15H26N2O. The van der Waals surface area contributed by atoms with E-state index in [0.29, 0.717) is 23.4 Å². The van der Waals surface area contributed by atoms with E-state index in [-0.39, 0.29) is 0 Å². The molecule has 3 rings (SSSR count). The minimum Gasteiger partial charge on any atom is -0.353 e. The van der Waals surface area contributed by atoms with E-state index in [1.54, 1.807) is 0 Å². The van der Waals surface area contributed by atoms with Gasteiger partial charge in [-0.1, -0.05) is 19.3 Å². The van der Waals surface area contributed by atoms with Crippen molar-refractivity contribution in [2.24, 2.45) is 5.92 Å². The Bertz CT molecular complexity index is 300. The third kappa shape index (κ3) is 3.05. The van der Waals surface area contributed by atoms with E-state index in [1.165, 1.54) is 44.9 Å². The molecule has 18 heavy (non-hydrogen) atoms. The lowest BCUT2D eigenvalue weighted by Crippen LogP contribution is -2.57. The second kappa shape index (κ2) is 5.20. The number of nitrogens with one attached hydrogen (secondary N) is 2. The summed E-state index contributed by atoms with van der Waals surface area (Å²) in [7, 11) is 0. The summed E-state index contributed by atoms with van der Waals surface area (Å²) in [6.07, 6.45) is 12.3. The number of hydrogen-bond donors (Lipinski definition) is 2. The molecule has 0 aromatic rings. The van der Waals surface area contributed by atoms with Gasteiger partial charge in [-0.05, 0) is 51.0 Å². The normalized spacial score (nSPS) is 31.2. The first-order valence-electron chi connectivity index (χ1n) is 7.80. The summed E-state index contributed by atoms with van der Waals surface area (Å²) in [5.41, 5.74) is 0.355. The molecule has 3 nitrogen and oxygen atoms in total. The van der Waals surface area contributed by atoms with Gasteiger partial charge in [0.2, 0.25) is 5.91 Å². The van der Waals surface area contributed by atoms with Crippen molar-refractivity contribution in [3.05, 3.63) is 0 Å². The SMILES string of the molecule is O=C(CC1CC1)NC1CCNC2(CCCCC2)C1. The van der Waals surface area contributed by atoms with Crippen LogP contribution in [0.1, 0.15) is 64.2 Å². The van der Waals surface area contributed by atoms with Crippen molar-refractivity contribution in [2.45, 2.75) is 75.8 Å². The first kappa shape index (κ1) is 12.5. The minimum absolute atomic E-state index is 0.301. The van der Waals surface area contributed by atoms with Gasteiger partial charge in [0.1, 0.15) is 0 Å². The van der Waals surface area contributed by atoms with Gasteiger partial charge >= 0.3 is 0 Å². The maximum atomic E-state index is 11.9. The van der Waals surface area contributed by atoms with Gasteiger partial charge in [-0.3, -0.25) is 4.79 Å². The summed E-state index contributed by atoms with van der Waals surface area (Å²) in [6, 6.07) is 0.426. The van der Waals surface area contributed by atoms with Crippen LogP contribution in [0, 0.1) is 5.92 Å². The zero-order valence-corrected chi connectivity index (χ0v) is 11.3. The summed E-state index contributed by atoms with van der Waals surface area (Å²) >= 11 is 0. The highest BCUT2D eigenvalue weighted by atomic mass is 16.1. The lowest BCUT2D eigenvalue weighted by molar-refractivity contribution is -0.122. The van der Waals surface area contributed by atoms with Crippen molar-refractivity contribution in [1.29, 1.82) is 0 Å². The van der Waals surface area contributed by atoms with Crippen LogP contribution in [0.15, 0.2) is 0 Å². The third-order valence-electron chi connectivity index (χ3n) is 4.98. The molecule has 1 atom stereocenters. The largest absolute Gasteiger partial charge is 0.353 e. The molecular weight excluding hydrogens is 224 g/mol. The molecule has 1 saturated heterocycles. The van der Waals surface area contributed by atoms with Gasteiger partial charge in [-0.15, -0.1) is 0 Å². The maximum absolute atomic E-state index is 11.9. The van der Waals surface area contributed by atoms with Crippen LogP contribution in [0.5, 0.6) is 0 Å². The predicted molar refractivity (Wildman–Crippen MR) is 72.3 cm³/mol. The number of amides is 1. The standard InChI is InChI=1S/C15H26N2O/c18-14(10-12-4-5-12)17-13-6-9-16-15(11-13)7-2-1-3-8-15/h12-13,16H,1-11H2,(H,17,18). The molecule has 3 fully saturated rings. The molecule has 2 N–H and O–H groups in total. The van der Waals surface area contributed by atoms with E-state index in [2.05, 4.69) is 10.6 Å². The Morgan fingerprint density at radius 1 is 1.17 bits per heavy atom. The molecule has 2 saturated carbocycles. The highest BCUT2D eigenvalue weighted by molar-refractivity contribution is 5.76. The zero-order chi connectivity index (χ0) is 12.4. The van der Waals surface area contributed by atoms with Gasteiger partial charge in [0.05, 0.1) is 0 Å². The highest BCUT2D eigenvalue weighted by Crippen LogP contribution is 2.35. The second-order valence-electron chi connectivity index (χ2n) is 6.67. The van der Waals surface area contributed by atoms with Gasteiger partial charge in [-0.2, -0.15) is 0 Å². The lowest BCUT2D eigenvalue weighted by atomic mass is 9.75. The summed E-state index contributed by atoms with van der Waals surface area (Å²) in [5.74, 6) is 1.01. The molecule has 2 aliphatic carbocycles. The van der Waals surface area contributed by atoms with Crippen LogP contribution < -0.4 is 10.6 Å². The molecule has 0 bridgehead atoms. The summed E-state index contributed by atoms with van der Waals surface area (Å²) in [4.78, 5) is 11.9. The average molecular weight is 250 g/mol.